The molecule has 0 bridgehead atoms. The Morgan fingerprint density at radius 2 is 1.50 bits per heavy atom. The Hall–Kier alpha value is -2.61. The lowest BCUT2D eigenvalue weighted by Crippen LogP contribution is -2.35. The standard InChI is InChI=1S/C18H23FN4O2S/c1-22(2)18(23(3)4)20-13-14-5-11-17(12-6-14)26(24,25)21-16-9-7-15(19)8-10-16/h5-12,21H,13H2,1-4H3. The molecule has 0 saturated carbocycles. The van der Waals surface area contributed by atoms with Gasteiger partial charge in [0.05, 0.1) is 11.4 Å². The minimum atomic E-state index is -3.73. The van der Waals surface area contributed by atoms with Gasteiger partial charge in [0.15, 0.2) is 5.96 Å². The van der Waals surface area contributed by atoms with E-state index < -0.39 is 15.8 Å². The smallest absolute Gasteiger partial charge is 0.261 e. The second-order valence-corrected chi connectivity index (χ2v) is 7.84. The molecule has 0 amide bonds. The van der Waals surface area contributed by atoms with E-state index in [1.165, 1.54) is 36.4 Å². The monoisotopic (exact) mass is 378 g/mol. The molecule has 0 aliphatic carbocycles. The van der Waals surface area contributed by atoms with Crippen LogP contribution in [-0.2, 0) is 16.6 Å². The van der Waals surface area contributed by atoms with E-state index in [-0.39, 0.29) is 4.90 Å². The van der Waals surface area contributed by atoms with Crippen molar-refractivity contribution in [1.82, 2.24) is 9.80 Å². The topological polar surface area (TPSA) is 65.0 Å². The first-order valence-electron chi connectivity index (χ1n) is 7.95. The number of nitrogens with one attached hydrogen (secondary N) is 1. The molecular weight excluding hydrogens is 355 g/mol. The van der Waals surface area contributed by atoms with Gasteiger partial charge < -0.3 is 9.80 Å². The minimum absolute atomic E-state index is 0.134. The van der Waals surface area contributed by atoms with Crippen molar-refractivity contribution < 1.29 is 12.8 Å². The van der Waals surface area contributed by atoms with E-state index >= 15 is 0 Å². The van der Waals surface area contributed by atoms with Crippen LogP contribution < -0.4 is 4.72 Å². The van der Waals surface area contributed by atoms with Crippen LogP contribution >= 0.6 is 0 Å². The van der Waals surface area contributed by atoms with E-state index in [1.54, 1.807) is 12.1 Å². The van der Waals surface area contributed by atoms with Crippen molar-refractivity contribution in [3.8, 4) is 0 Å². The van der Waals surface area contributed by atoms with Gasteiger partial charge in [-0.3, -0.25) is 4.72 Å². The van der Waals surface area contributed by atoms with Crippen LogP contribution in [0.2, 0.25) is 0 Å². The third kappa shape index (κ3) is 5.19. The van der Waals surface area contributed by atoms with Gasteiger partial charge in [-0.25, -0.2) is 17.8 Å². The van der Waals surface area contributed by atoms with Crippen LogP contribution in [0.25, 0.3) is 0 Å². The average molecular weight is 378 g/mol. The van der Waals surface area contributed by atoms with Gasteiger partial charge in [0.2, 0.25) is 0 Å². The van der Waals surface area contributed by atoms with E-state index in [2.05, 4.69) is 9.71 Å². The van der Waals surface area contributed by atoms with Gasteiger partial charge in [-0.1, -0.05) is 12.1 Å². The summed E-state index contributed by atoms with van der Waals surface area (Å²) in [4.78, 5) is 8.48. The first-order valence-corrected chi connectivity index (χ1v) is 9.44. The van der Waals surface area contributed by atoms with Crippen LogP contribution in [0.1, 0.15) is 5.56 Å². The zero-order valence-corrected chi connectivity index (χ0v) is 16.1. The van der Waals surface area contributed by atoms with E-state index in [0.29, 0.717) is 12.2 Å². The number of rotatable bonds is 5. The molecule has 0 fully saturated rings. The van der Waals surface area contributed by atoms with E-state index in [9.17, 15) is 12.8 Å². The largest absolute Gasteiger partial charge is 0.349 e. The zero-order valence-electron chi connectivity index (χ0n) is 15.3. The molecule has 0 atom stereocenters. The molecule has 26 heavy (non-hydrogen) atoms. The lowest BCUT2D eigenvalue weighted by Gasteiger charge is -2.22. The Labute approximate surface area is 154 Å². The predicted octanol–water partition coefficient (Wildman–Crippen LogP) is 2.61. The number of benzene rings is 2. The van der Waals surface area contributed by atoms with Gasteiger partial charge in [-0.15, -0.1) is 0 Å². The number of nitrogens with zero attached hydrogens (tertiary/aromatic N) is 3. The SMILES string of the molecule is CN(C)C(=NCc1ccc(S(=O)(=O)Nc2ccc(F)cc2)cc1)N(C)C. The lowest BCUT2D eigenvalue weighted by atomic mass is 10.2. The van der Waals surface area contributed by atoms with Crippen LogP contribution in [0.5, 0.6) is 0 Å². The highest BCUT2D eigenvalue weighted by Crippen LogP contribution is 2.17. The Balaban J connectivity index is 2.13. The summed E-state index contributed by atoms with van der Waals surface area (Å²) in [5, 5.41) is 0. The van der Waals surface area contributed by atoms with Crippen molar-refractivity contribution in [1.29, 1.82) is 0 Å². The molecule has 140 valence electrons. The Bertz CT molecular complexity index is 851. The summed E-state index contributed by atoms with van der Waals surface area (Å²) in [6, 6.07) is 11.7. The molecular formula is C18H23FN4O2S. The predicted molar refractivity (Wildman–Crippen MR) is 102 cm³/mol. The van der Waals surface area contributed by atoms with E-state index in [1.807, 2.05) is 38.0 Å². The number of aliphatic imine (C=N–C) groups is 1. The summed E-state index contributed by atoms with van der Waals surface area (Å²) in [6.45, 7) is 0.442. The van der Waals surface area contributed by atoms with Crippen molar-refractivity contribution in [2.45, 2.75) is 11.4 Å². The fourth-order valence-corrected chi connectivity index (χ4v) is 3.41. The Kier molecular flexibility index (Phi) is 6.20. The molecule has 6 nitrogen and oxygen atoms in total. The number of halogens is 1. The summed E-state index contributed by atoms with van der Waals surface area (Å²) >= 11 is 0. The molecule has 2 aromatic rings. The highest BCUT2D eigenvalue weighted by atomic mass is 32.2. The zero-order chi connectivity index (χ0) is 19.3. The van der Waals surface area contributed by atoms with Gasteiger partial charge in [-0.2, -0.15) is 0 Å². The quantitative estimate of drug-likeness (QED) is 0.642. The van der Waals surface area contributed by atoms with E-state index in [0.717, 1.165) is 11.5 Å². The molecule has 0 aliphatic heterocycles. The van der Waals surface area contributed by atoms with Gasteiger partial charge in [0, 0.05) is 33.9 Å². The highest BCUT2D eigenvalue weighted by Gasteiger charge is 2.14. The molecule has 2 rings (SSSR count). The van der Waals surface area contributed by atoms with Crippen LogP contribution in [0.4, 0.5) is 10.1 Å². The Morgan fingerprint density at radius 3 is 2.00 bits per heavy atom. The third-order valence-electron chi connectivity index (χ3n) is 3.53. The van der Waals surface area contributed by atoms with Crippen LogP contribution in [0.15, 0.2) is 58.4 Å². The molecule has 0 heterocycles. The molecule has 0 aliphatic rings. The van der Waals surface area contributed by atoms with Crippen molar-refractivity contribution >= 4 is 21.7 Å². The normalized spacial score (nSPS) is 11.0. The fraction of sp³-hybridized carbons (Fsp3) is 0.278. The molecule has 1 N–H and O–H groups in total. The Morgan fingerprint density at radius 1 is 0.962 bits per heavy atom. The van der Waals surface area contributed by atoms with E-state index in [4.69, 9.17) is 0 Å². The van der Waals surface area contributed by atoms with Crippen LogP contribution in [0, 0.1) is 5.82 Å². The van der Waals surface area contributed by atoms with Crippen molar-refractivity contribution in [2.24, 2.45) is 4.99 Å². The number of sulfonamides is 1. The number of anilines is 1. The van der Waals surface area contributed by atoms with Crippen molar-refractivity contribution in [3.05, 3.63) is 59.9 Å². The third-order valence-corrected chi connectivity index (χ3v) is 4.93. The summed E-state index contributed by atoms with van der Waals surface area (Å²) in [7, 11) is 3.92. The molecule has 0 unspecified atom stereocenters. The maximum Gasteiger partial charge on any atom is 0.261 e. The second-order valence-electron chi connectivity index (χ2n) is 6.16. The minimum Gasteiger partial charge on any atom is -0.349 e. The number of hydrogen-bond donors (Lipinski definition) is 1. The molecule has 0 radical (unpaired) electrons. The maximum absolute atomic E-state index is 12.9. The first kappa shape index (κ1) is 19.7. The van der Waals surface area contributed by atoms with Gasteiger partial charge >= 0.3 is 0 Å². The lowest BCUT2D eigenvalue weighted by molar-refractivity contribution is 0.479. The van der Waals surface area contributed by atoms with Crippen LogP contribution in [0.3, 0.4) is 0 Å². The molecule has 8 heteroatoms. The first-order chi connectivity index (χ1) is 12.2. The van der Waals surface area contributed by atoms with Crippen molar-refractivity contribution in [2.75, 3.05) is 32.9 Å². The molecule has 0 aromatic heterocycles. The highest BCUT2D eigenvalue weighted by molar-refractivity contribution is 7.92. The molecule has 0 spiro atoms. The van der Waals surface area contributed by atoms with Gasteiger partial charge in [0.25, 0.3) is 10.0 Å². The summed E-state index contributed by atoms with van der Waals surface area (Å²) < 4.78 is 40.1. The number of guanidine groups is 1. The van der Waals surface area contributed by atoms with Crippen molar-refractivity contribution in [3.63, 3.8) is 0 Å². The molecule has 2 aromatic carbocycles. The van der Waals surface area contributed by atoms with Crippen LogP contribution in [-0.4, -0.2) is 52.4 Å². The molecule has 0 saturated heterocycles. The maximum atomic E-state index is 12.9. The van der Waals surface area contributed by atoms with Gasteiger partial charge in [0.1, 0.15) is 5.82 Å². The number of hydrogen-bond acceptors (Lipinski definition) is 3. The summed E-state index contributed by atoms with van der Waals surface area (Å²) in [6.07, 6.45) is 0. The summed E-state index contributed by atoms with van der Waals surface area (Å²) in [5.74, 6) is 0.396. The fourth-order valence-electron chi connectivity index (χ4n) is 2.35. The second kappa shape index (κ2) is 8.18. The average Bonchev–Trinajstić information content (AvgIpc) is 2.57. The van der Waals surface area contributed by atoms with Gasteiger partial charge in [-0.05, 0) is 42.0 Å². The summed E-state index contributed by atoms with van der Waals surface area (Å²) in [5.41, 5.74) is 1.20.